The summed E-state index contributed by atoms with van der Waals surface area (Å²) in [4.78, 5) is 11.9. The minimum Gasteiger partial charge on any atom is -0.444 e. The number of thioether (sulfide) groups is 1. The summed E-state index contributed by atoms with van der Waals surface area (Å²) in [5.41, 5.74) is -5.05. The summed E-state index contributed by atoms with van der Waals surface area (Å²) in [6, 6.07) is 5.08. The van der Waals surface area contributed by atoms with Gasteiger partial charge in [-0.1, -0.05) is 24.0 Å². The standard InChI is InChI=1S/C17H15BrF3NO2S2/c1-16(2,3)24-15(23)22-9-5-8-12-14(26-17(19,20)21)10-6-4-7-11(18)13(10)25-12/h4,6-7H,9H2,1-3H3,(H,22,23). The molecule has 140 valence electrons. The SMILES string of the molecule is CC(C)(C)OC(=O)NCC#Cc1sc2c(Br)cccc2c1SC(F)(F)F. The van der Waals surface area contributed by atoms with E-state index in [0.717, 1.165) is 0 Å². The minimum atomic E-state index is -4.42. The lowest BCUT2D eigenvalue weighted by Gasteiger charge is -2.18. The van der Waals surface area contributed by atoms with Gasteiger partial charge in [0.2, 0.25) is 0 Å². The van der Waals surface area contributed by atoms with Gasteiger partial charge in [-0.3, -0.25) is 0 Å². The molecule has 3 nitrogen and oxygen atoms in total. The Morgan fingerprint density at radius 2 is 2.04 bits per heavy atom. The third-order valence-electron chi connectivity index (χ3n) is 2.76. The zero-order chi connectivity index (χ0) is 19.5. The number of nitrogens with one attached hydrogen (secondary N) is 1. The third kappa shape index (κ3) is 6.11. The Morgan fingerprint density at radius 1 is 1.35 bits per heavy atom. The van der Waals surface area contributed by atoms with E-state index >= 15 is 0 Å². The number of amides is 1. The normalized spacial score (nSPS) is 11.8. The maximum Gasteiger partial charge on any atom is 0.446 e. The highest BCUT2D eigenvalue weighted by Gasteiger charge is 2.32. The summed E-state index contributed by atoms with van der Waals surface area (Å²) in [5, 5.41) is 2.95. The predicted octanol–water partition coefficient (Wildman–Crippen LogP) is 6.15. The molecule has 0 unspecified atom stereocenters. The van der Waals surface area contributed by atoms with Crippen molar-refractivity contribution < 1.29 is 22.7 Å². The van der Waals surface area contributed by atoms with Crippen molar-refractivity contribution >= 4 is 55.2 Å². The molecule has 2 rings (SSSR count). The minimum absolute atomic E-state index is 0.0273. The van der Waals surface area contributed by atoms with Gasteiger partial charge in [0.05, 0.1) is 21.0 Å². The number of ether oxygens (including phenoxy) is 1. The van der Waals surface area contributed by atoms with Crippen molar-refractivity contribution in [3.63, 3.8) is 0 Å². The van der Waals surface area contributed by atoms with Crippen LogP contribution in [0, 0.1) is 11.8 Å². The number of benzene rings is 1. The molecule has 0 fully saturated rings. The predicted molar refractivity (Wildman–Crippen MR) is 103 cm³/mol. The quantitative estimate of drug-likeness (QED) is 0.426. The maximum atomic E-state index is 12.9. The highest BCUT2D eigenvalue weighted by molar-refractivity contribution is 9.10. The van der Waals surface area contributed by atoms with Crippen LogP contribution in [0.1, 0.15) is 25.6 Å². The molecule has 0 aliphatic heterocycles. The van der Waals surface area contributed by atoms with Gasteiger partial charge in [-0.25, -0.2) is 4.79 Å². The number of carbonyl (C=O) groups is 1. The fraction of sp³-hybridized carbons (Fsp3) is 0.353. The lowest BCUT2D eigenvalue weighted by atomic mass is 10.2. The number of alkyl halides is 3. The molecule has 0 aliphatic carbocycles. The Balaban J connectivity index is 2.23. The second-order valence-corrected chi connectivity index (χ2v) is 9.03. The topological polar surface area (TPSA) is 38.3 Å². The molecule has 0 bridgehead atoms. The van der Waals surface area contributed by atoms with Crippen molar-refractivity contribution in [2.45, 2.75) is 36.8 Å². The van der Waals surface area contributed by atoms with Crippen LogP contribution in [-0.4, -0.2) is 23.7 Å². The fourth-order valence-corrected chi connectivity index (χ4v) is 4.47. The molecule has 1 N–H and O–H groups in total. The number of alkyl carbamates (subject to hydrolysis) is 1. The lowest BCUT2D eigenvalue weighted by molar-refractivity contribution is -0.0327. The van der Waals surface area contributed by atoms with Gasteiger partial charge in [-0.05, 0) is 54.5 Å². The number of hydrogen-bond acceptors (Lipinski definition) is 4. The van der Waals surface area contributed by atoms with Gasteiger partial charge in [0.15, 0.2) is 0 Å². The van der Waals surface area contributed by atoms with Crippen LogP contribution < -0.4 is 5.32 Å². The Bertz CT molecular complexity index is 876. The maximum absolute atomic E-state index is 12.9. The molecule has 1 amide bonds. The van der Waals surface area contributed by atoms with Crippen molar-refractivity contribution in [2.24, 2.45) is 0 Å². The molecule has 2 aromatic rings. The zero-order valence-corrected chi connectivity index (χ0v) is 17.3. The van der Waals surface area contributed by atoms with Gasteiger partial charge in [0.25, 0.3) is 0 Å². The third-order valence-corrected chi connectivity index (χ3v) is 5.83. The number of thiophene rings is 1. The zero-order valence-electron chi connectivity index (χ0n) is 14.1. The van der Waals surface area contributed by atoms with Gasteiger partial charge in [0.1, 0.15) is 5.60 Å². The van der Waals surface area contributed by atoms with Crippen LogP contribution in [0.25, 0.3) is 10.1 Å². The molecule has 26 heavy (non-hydrogen) atoms. The highest BCUT2D eigenvalue weighted by Crippen LogP contribution is 2.46. The van der Waals surface area contributed by atoms with Crippen LogP contribution in [-0.2, 0) is 4.74 Å². The Kier molecular flexibility index (Phi) is 6.53. The molecule has 0 saturated heterocycles. The molecule has 1 heterocycles. The average molecular weight is 466 g/mol. The fourth-order valence-electron chi connectivity index (χ4n) is 1.92. The number of halogens is 4. The highest BCUT2D eigenvalue weighted by atomic mass is 79.9. The van der Waals surface area contributed by atoms with Crippen LogP contribution in [0.5, 0.6) is 0 Å². The van der Waals surface area contributed by atoms with E-state index in [-0.39, 0.29) is 23.2 Å². The molecular weight excluding hydrogens is 451 g/mol. The Hall–Kier alpha value is -1.37. The lowest BCUT2D eigenvalue weighted by Crippen LogP contribution is -2.32. The Labute approximate surface area is 165 Å². The summed E-state index contributed by atoms with van der Waals surface area (Å²) in [7, 11) is 0. The summed E-state index contributed by atoms with van der Waals surface area (Å²) >= 11 is 4.35. The van der Waals surface area contributed by atoms with Crippen molar-refractivity contribution in [1.82, 2.24) is 5.32 Å². The van der Waals surface area contributed by atoms with Gasteiger partial charge >= 0.3 is 11.6 Å². The molecule has 0 spiro atoms. The number of hydrogen-bond donors (Lipinski definition) is 1. The van der Waals surface area contributed by atoms with Crippen molar-refractivity contribution in [1.29, 1.82) is 0 Å². The summed E-state index contributed by atoms with van der Waals surface area (Å²) < 4.78 is 45.2. The summed E-state index contributed by atoms with van der Waals surface area (Å²) in [5.74, 6) is 5.40. The summed E-state index contributed by atoms with van der Waals surface area (Å²) in [6.45, 7) is 5.16. The van der Waals surface area contributed by atoms with E-state index in [9.17, 15) is 18.0 Å². The first kappa shape index (κ1) is 20.9. The monoisotopic (exact) mass is 465 g/mol. The second-order valence-electron chi connectivity index (χ2n) is 6.08. The van der Waals surface area contributed by atoms with Gasteiger partial charge < -0.3 is 10.1 Å². The largest absolute Gasteiger partial charge is 0.446 e. The van der Waals surface area contributed by atoms with Crippen LogP contribution >= 0.6 is 39.0 Å². The first-order valence-corrected chi connectivity index (χ1v) is 9.81. The molecule has 1 aromatic heterocycles. The van der Waals surface area contributed by atoms with Crippen LogP contribution in [0.2, 0.25) is 0 Å². The van der Waals surface area contributed by atoms with Gasteiger partial charge in [0, 0.05) is 9.86 Å². The van der Waals surface area contributed by atoms with E-state index in [2.05, 4.69) is 33.1 Å². The number of rotatable bonds is 2. The van der Waals surface area contributed by atoms with E-state index in [1.807, 2.05) is 0 Å². The van der Waals surface area contributed by atoms with E-state index in [1.165, 1.54) is 11.3 Å². The second kappa shape index (κ2) is 8.11. The molecule has 9 heteroatoms. The van der Waals surface area contributed by atoms with Crippen LogP contribution in [0.3, 0.4) is 0 Å². The van der Waals surface area contributed by atoms with Gasteiger partial charge in [-0.15, -0.1) is 11.3 Å². The van der Waals surface area contributed by atoms with Crippen LogP contribution in [0.15, 0.2) is 27.6 Å². The van der Waals surface area contributed by atoms with Crippen molar-refractivity contribution in [2.75, 3.05) is 6.54 Å². The first-order chi connectivity index (χ1) is 12.0. The van der Waals surface area contributed by atoms with Crippen LogP contribution in [0.4, 0.5) is 18.0 Å². The van der Waals surface area contributed by atoms with Crippen molar-refractivity contribution in [3.05, 3.63) is 27.5 Å². The van der Waals surface area contributed by atoms with E-state index in [4.69, 9.17) is 4.74 Å². The van der Waals surface area contributed by atoms with Crippen molar-refractivity contribution in [3.8, 4) is 11.8 Å². The number of fused-ring (bicyclic) bond motifs is 1. The molecule has 0 aliphatic rings. The number of carbonyl (C=O) groups excluding carboxylic acids is 1. The molecule has 0 saturated carbocycles. The average Bonchev–Trinajstić information content (AvgIpc) is 2.80. The van der Waals surface area contributed by atoms with E-state index in [1.54, 1.807) is 39.0 Å². The van der Waals surface area contributed by atoms with E-state index in [0.29, 0.717) is 19.4 Å². The molecular formula is C17H15BrF3NO2S2. The smallest absolute Gasteiger partial charge is 0.444 e. The Morgan fingerprint density at radius 3 is 2.65 bits per heavy atom. The molecule has 1 aromatic carbocycles. The molecule has 0 radical (unpaired) electrons. The summed E-state index contributed by atoms with van der Waals surface area (Å²) in [6.07, 6.45) is -0.629. The molecule has 0 atom stereocenters. The van der Waals surface area contributed by atoms with E-state index < -0.39 is 17.2 Å². The van der Waals surface area contributed by atoms with Gasteiger partial charge in [-0.2, -0.15) is 13.2 Å². The first-order valence-electron chi connectivity index (χ1n) is 7.39.